The number of amides is 1. The Morgan fingerprint density at radius 3 is 2.57 bits per heavy atom. The molecule has 1 aliphatic rings. The number of carbonyl (C=O) groups is 1. The molecule has 160 valence electrons. The smallest absolute Gasteiger partial charge is 0.260 e. The van der Waals surface area contributed by atoms with E-state index in [1.807, 2.05) is 6.92 Å². The molecule has 1 unspecified atom stereocenters. The largest absolute Gasteiger partial charge is 0.484 e. The van der Waals surface area contributed by atoms with Crippen LogP contribution in [0.2, 0.25) is 5.02 Å². The minimum Gasteiger partial charge on any atom is -0.484 e. The molecule has 7 heteroatoms. The lowest BCUT2D eigenvalue weighted by atomic mass is 10.0. The van der Waals surface area contributed by atoms with Crippen LogP contribution in [0.15, 0.2) is 61.2 Å². The molecule has 1 amide bonds. The van der Waals surface area contributed by atoms with E-state index in [0.29, 0.717) is 30.4 Å². The van der Waals surface area contributed by atoms with Crippen LogP contribution in [0.5, 0.6) is 5.75 Å². The zero-order chi connectivity index (χ0) is 21.7. The molecule has 0 spiro atoms. The molecule has 3 rings (SSSR count). The van der Waals surface area contributed by atoms with Gasteiger partial charge in [0.05, 0.1) is 12.1 Å². The molecule has 30 heavy (non-hydrogen) atoms. The summed E-state index contributed by atoms with van der Waals surface area (Å²) in [4.78, 5) is 16.7. The Hall–Kier alpha value is -2.41. The first-order chi connectivity index (χ1) is 14.4. The third kappa shape index (κ3) is 5.59. The van der Waals surface area contributed by atoms with E-state index in [2.05, 4.69) is 11.5 Å². The van der Waals surface area contributed by atoms with Crippen LogP contribution in [0.4, 0.5) is 4.39 Å². The second kappa shape index (κ2) is 10.1. The molecule has 5 nitrogen and oxygen atoms in total. The van der Waals surface area contributed by atoms with E-state index in [0.717, 1.165) is 5.56 Å². The number of halogens is 2. The van der Waals surface area contributed by atoms with Crippen molar-refractivity contribution in [1.82, 2.24) is 9.80 Å². The number of rotatable bonds is 7. The van der Waals surface area contributed by atoms with E-state index in [4.69, 9.17) is 16.3 Å². The van der Waals surface area contributed by atoms with Crippen molar-refractivity contribution in [3.8, 4) is 5.75 Å². The van der Waals surface area contributed by atoms with Gasteiger partial charge in [-0.2, -0.15) is 0 Å². The fourth-order valence-electron chi connectivity index (χ4n) is 3.66. The highest BCUT2D eigenvalue weighted by atomic mass is 35.5. The highest BCUT2D eigenvalue weighted by Gasteiger charge is 2.37. The van der Waals surface area contributed by atoms with E-state index < -0.39 is 6.10 Å². The van der Waals surface area contributed by atoms with E-state index in [1.54, 1.807) is 41.3 Å². The van der Waals surface area contributed by atoms with Crippen LogP contribution in [0.25, 0.3) is 0 Å². The molecule has 2 aromatic carbocycles. The predicted octanol–water partition coefficient (Wildman–Crippen LogP) is 3.51. The second-order valence-corrected chi connectivity index (χ2v) is 7.92. The predicted molar refractivity (Wildman–Crippen MR) is 115 cm³/mol. The van der Waals surface area contributed by atoms with Gasteiger partial charge in [0.15, 0.2) is 6.61 Å². The van der Waals surface area contributed by atoms with Gasteiger partial charge in [0.1, 0.15) is 11.6 Å². The van der Waals surface area contributed by atoms with E-state index in [1.165, 1.54) is 18.2 Å². The van der Waals surface area contributed by atoms with Gasteiger partial charge in [-0.1, -0.05) is 29.8 Å². The van der Waals surface area contributed by atoms with Crippen LogP contribution in [0.3, 0.4) is 0 Å². The van der Waals surface area contributed by atoms with Gasteiger partial charge in [-0.25, -0.2) is 4.39 Å². The second-order valence-electron chi connectivity index (χ2n) is 7.49. The SMILES string of the molecule is C=CC(O)[C@H]1CN(C(=O)COc2ccc(Cl)cc2)[C@H](C)CN1Cc1ccc(F)cc1. The van der Waals surface area contributed by atoms with E-state index in [-0.39, 0.29) is 30.4 Å². The quantitative estimate of drug-likeness (QED) is 0.680. The van der Waals surface area contributed by atoms with Gasteiger partial charge >= 0.3 is 0 Å². The molecular formula is C23H26ClFN2O3. The molecule has 0 aromatic heterocycles. The molecule has 1 fully saturated rings. The Morgan fingerprint density at radius 2 is 1.93 bits per heavy atom. The van der Waals surface area contributed by atoms with Crippen molar-refractivity contribution in [1.29, 1.82) is 0 Å². The van der Waals surface area contributed by atoms with Crippen molar-refractivity contribution in [3.63, 3.8) is 0 Å². The van der Waals surface area contributed by atoms with E-state index >= 15 is 0 Å². The summed E-state index contributed by atoms with van der Waals surface area (Å²) in [6, 6.07) is 12.8. The summed E-state index contributed by atoms with van der Waals surface area (Å²) in [7, 11) is 0. The first-order valence-electron chi connectivity index (χ1n) is 9.84. The zero-order valence-corrected chi connectivity index (χ0v) is 17.6. The summed E-state index contributed by atoms with van der Waals surface area (Å²) in [6.45, 7) is 7.03. The average Bonchev–Trinajstić information content (AvgIpc) is 2.74. The fraction of sp³-hybridized carbons (Fsp3) is 0.348. The molecule has 1 saturated heterocycles. The zero-order valence-electron chi connectivity index (χ0n) is 16.9. The van der Waals surface area contributed by atoms with Gasteiger partial charge in [-0.3, -0.25) is 9.69 Å². The molecule has 0 aliphatic carbocycles. The lowest BCUT2D eigenvalue weighted by molar-refractivity contribution is -0.141. The number of benzene rings is 2. The van der Waals surface area contributed by atoms with Gasteiger partial charge in [-0.05, 0) is 48.9 Å². The maximum Gasteiger partial charge on any atom is 0.260 e. The normalized spacial score (nSPS) is 20.6. The van der Waals surface area contributed by atoms with E-state index in [9.17, 15) is 14.3 Å². The first-order valence-corrected chi connectivity index (χ1v) is 10.2. The number of hydrogen-bond donors (Lipinski definition) is 1. The number of aliphatic hydroxyl groups excluding tert-OH is 1. The molecule has 0 saturated carbocycles. The Kier molecular flexibility index (Phi) is 7.48. The summed E-state index contributed by atoms with van der Waals surface area (Å²) in [5.41, 5.74) is 0.940. The van der Waals surface area contributed by atoms with Crippen LogP contribution < -0.4 is 4.74 Å². The van der Waals surface area contributed by atoms with Crippen LogP contribution >= 0.6 is 11.6 Å². The summed E-state index contributed by atoms with van der Waals surface area (Å²) in [5.74, 6) is 0.129. The third-order valence-corrected chi connectivity index (χ3v) is 5.57. The minimum atomic E-state index is -0.801. The van der Waals surface area contributed by atoms with Gasteiger partial charge in [0, 0.05) is 30.7 Å². The molecule has 1 aliphatic heterocycles. The van der Waals surface area contributed by atoms with Crippen molar-refractivity contribution in [3.05, 3.63) is 77.6 Å². The number of carbonyl (C=O) groups excluding carboxylic acids is 1. The Labute approximate surface area is 181 Å². The van der Waals surface area contributed by atoms with Crippen LogP contribution in [0.1, 0.15) is 12.5 Å². The van der Waals surface area contributed by atoms with Crippen molar-refractivity contribution >= 4 is 17.5 Å². The van der Waals surface area contributed by atoms with Crippen molar-refractivity contribution < 1.29 is 19.0 Å². The summed E-state index contributed by atoms with van der Waals surface area (Å²) in [6.07, 6.45) is 0.677. The highest BCUT2D eigenvalue weighted by Crippen LogP contribution is 2.22. The molecule has 2 aromatic rings. The van der Waals surface area contributed by atoms with Gasteiger partial charge in [0.2, 0.25) is 0 Å². The molecule has 1 N–H and O–H groups in total. The van der Waals surface area contributed by atoms with Crippen molar-refractivity contribution in [2.45, 2.75) is 31.7 Å². The fourth-order valence-corrected chi connectivity index (χ4v) is 3.79. The Morgan fingerprint density at radius 1 is 1.27 bits per heavy atom. The third-order valence-electron chi connectivity index (χ3n) is 5.31. The van der Waals surface area contributed by atoms with Gasteiger partial charge in [0.25, 0.3) is 5.91 Å². The summed E-state index contributed by atoms with van der Waals surface area (Å²) < 4.78 is 18.8. The minimum absolute atomic E-state index is 0.0694. The topological polar surface area (TPSA) is 53.0 Å². The lowest BCUT2D eigenvalue weighted by Crippen LogP contribution is -2.62. The van der Waals surface area contributed by atoms with Crippen molar-refractivity contribution in [2.24, 2.45) is 0 Å². The van der Waals surface area contributed by atoms with Crippen LogP contribution in [0, 0.1) is 5.82 Å². The standard InChI is InChI=1S/C23H26ClFN2O3/c1-3-22(28)21-14-27(23(29)15-30-20-10-6-18(24)7-11-20)16(2)12-26(21)13-17-4-8-19(25)9-5-17/h3-11,16,21-22,28H,1,12-15H2,2H3/t16-,21-,22?/m1/s1. The number of ether oxygens (including phenoxy) is 1. The lowest BCUT2D eigenvalue weighted by Gasteiger charge is -2.46. The maximum atomic E-state index is 13.2. The molecule has 3 atom stereocenters. The molecule has 0 bridgehead atoms. The van der Waals surface area contributed by atoms with Gasteiger partial charge < -0.3 is 14.7 Å². The molecule has 1 heterocycles. The molecule has 0 radical (unpaired) electrons. The average molecular weight is 433 g/mol. The van der Waals surface area contributed by atoms with Gasteiger partial charge in [-0.15, -0.1) is 6.58 Å². The first kappa shape index (κ1) is 22.3. The number of piperazine rings is 1. The molecular weight excluding hydrogens is 407 g/mol. The van der Waals surface area contributed by atoms with Crippen LogP contribution in [-0.2, 0) is 11.3 Å². The van der Waals surface area contributed by atoms with Crippen molar-refractivity contribution in [2.75, 3.05) is 19.7 Å². The number of aliphatic hydroxyl groups is 1. The van der Waals surface area contributed by atoms with Crippen LogP contribution in [-0.4, -0.2) is 58.7 Å². The maximum absolute atomic E-state index is 13.2. The summed E-state index contributed by atoms with van der Waals surface area (Å²) >= 11 is 5.87. The number of nitrogens with zero attached hydrogens (tertiary/aromatic N) is 2. The summed E-state index contributed by atoms with van der Waals surface area (Å²) in [5, 5.41) is 11.1. The Bertz CT molecular complexity index is 860. The number of hydrogen-bond acceptors (Lipinski definition) is 4. The Balaban J connectivity index is 1.67. The monoisotopic (exact) mass is 432 g/mol. The highest BCUT2D eigenvalue weighted by molar-refractivity contribution is 6.30.